The van der Waals surface area contributed by atoms with Gasteiger partial charge in [0, 0.05) is 6.54 Å². The minimum Gasteiger partial charge on any atom is -0.495 e. The molecule has 1 atom stereocenters. The van der Waals surface area contributed by atoms with Crippen molar-refractivity contribution < 1.29 is 22.7 Å². The van der Waals surface area contributed by atoms with Gasteiger partial charge in [-0.1, -0.05) is 23.8 Å². The number of carbonyl (C=O) groups excluding carboxylic acids is 1. The highest BCUT2D eigenvalue weighted by Gasteiger charge is 2.21. The van der Waals surface area contributed by atoms with E-state index < -0.39 is 22.0 Å². The van der Waals surface area contributed by atoms with Crippen LogP contribution in [0.25, 0.3) is 0 Å². The third-order valence-electron chi connectivity index (χ3n) is 5.02. The van der Waals surface area contributed by atoms with Crippen molar-refractivity contribution >= 4 is 39.0 Å². The highest BCUT2D eigenvalue weighted by Crippen LogP contribution is 2.25. The molecule has 0 aliphatic rings. The van der Waals surface area contributed by atoms with Crippen LogP contribution >= 0.6 is 12.2 Å². The van der Waals surface area contributed by atoms with Gasteiger partial charge in [0.15, 0.2) is 5.11 Å². The van der Waals surface area contributed by atoms with Gasteiger partial charge in [-0.2, -0.15) is 0 Å². The lowest BCUT2D eigenvalue weighted by molar-refractivity contribution is -0.145. The third-order valence-corrected chi connectivity index (χ3v) is 6.72. The molecule has 0 radical (unpaired) electrons. The van der Waals surface area contributed by atoms with Gasteiger partial charge >= 0.3 is 5.97 Å². The smallest absolute Gasteiger partial charge is 0.328 e. The average molecular weight is 508 g/mol. The van der Waals surface area contributed by atoms with Gasteiger partial charge in [0.25, 0.3) is 0 Å². The molecule has 0 saturated heterocycles. The largest absolute Gasteiger partial charge is 0.495 e. The first-order valence-corrected chi connectivity index (χ1v) is 13.0. The van der Waals surface area contributed by atoms with Crippen molar-refractivity contribution in [1.82, 2.24) is 10.0 Å². The fourth-order valence-corrected chi connectivity index (χ4v) is 4.54. The van der Waals surface area contributed by atoms with Crippen LogP contribution in [0.15, 0.2) is 47.4 Å². The molecule has 3 N–H and O–H groups in total. The first-order chi connectivity index (χ1) is 16.2. The summed E-state index contributed by atoms with van der Waals surface area (Å²) in [5.41, 5.74) is 2.71. The number of hydrogen-bond acceptors (Lipinski definition) is 6. The van der Waals surface area contributed by atoms with Crippen LogP contribution in [0.2, 0.25) is 0 Å². The fourth-order valence-electron chi connectivity index (χ4n) is 3.21. The van der Waals surface area contributed by atoms with E-state index >= 15 is 0 Å². The molecule has 1 unspecified atom stereocenters. The van der Waals surface area contributed by atoms with E-state index in [1.807, 2.05) is 32.0 Å². The normalized spacial score (nSPS) is 12.0. The zero-order valence-corrected chi connectivity index (χ0v) is 21.6. The third kappa shape index (κ3) is 8.58. The molecule has 2 aromatic carbocycles. The summed E-state index contributed by atoms with van der Waals surface area (Å²) in [6.07, 6.45) is 1.57. The lowest BCUT2D eigenvalue weighted by Gasteiger charge is -2.20. The summed E-state index contributed by atoms with van der Waals surface area (Å²) in [6.45, 7) is 6.10. The van der Waals surface area contributed by atoms with Gasteiger partial charge in [0.2, 0.25) is 10.0 Å². The number of methoxy groups -OCH3 is 1. The van der Waals surface area contributed by atoms with Gasteiger partial charge in [0.1, 0.15) is 11.8 Å². The van der Waals surface area contributed by atoms with Gasteiger partial charge in [0.05, 0.1) is 24.3 Å². The minimum atomic E-state index is -3.57. The zero-order chi connectivity index (χ0) is 25.1. The number of hydrogen-bond donors (Lipinski definition) is 3. The van der Waals surface area contributed by atoms with E-state index in [-0.39, 0.29) is 23.2 Å². The Labute approximate surface area is 207 Å². The Balaban J connectivity index is 1.90. The minimum absolute atomic E-state index is 0.229. The molecular weight excluding hydrogens is 474 g/mol. The Morgan fingerprint density at radius 1 is 1.06 bits per heavy atom. The quantitative estimate of drug-likeness (QED) is 0.227. The molecule has 2 rings (SSSR count). The molecule has 34 heavy (non-hydrogen) atoms. The number of carbonyl (C=O) groups is 1. The van der Waals surface area contributed by atoms with E-state index in [0.29, 0.717) is 30.7 Å². The van der Waals surface area contributed by atoms with E-state index in [1.54, 1.807) is 38.3 Å². The molecule has 0 fully saturated rings. The van der Waals surface area contributed by atoms with E-state index in [0.717, 1.165) is 11.1 Å². The second kappa shape index (κ2) is 13.3. The number of ether oxygens (including phenoxy) is 2. The number of aryl methyl sites for hydroxylation is 2. The van der Waals surface area contributed by atoms with Gasteiger partial charge in [-0.05, 0) is 82.1 Å². The van der Waals surface area contributed by atoms with Crippen molar-refractivity contribution in [2.24, 2.45) is 0 Å². The van der Waals surface area contributed by atoms with Crippen molar-refractivity contribution in [3.8, 4) is 5.75 Å². The summed E-state index contributed by atoms with van der Waals surface area (Å²) in [6, 6.07) is 11.7. The van der Waals surface area contributed by atoms with Crippen LogP contribution in [-0.4, -0.2) is 45.8 Å². The Hall–Kier alpha value is -2.69. The summed E-state index contributed by atoms with van der Waals surface area (Å²) in [5, 5.41) is 6.35. The van der Waals surface area contributed by atoms with Crippen LogP contribution in [0.1, 0.15) is 37.3 Å². The summed E-state index contributed by atoms with van der Waals surface area (Å²) >= 11 is 5.40. The number of anilines is 1. The highest BCUT2D eigenvalue weighted by molar-refractivity contribution is 7.89. The molecule has 2 aromatic rings. The zero-order valence-electron chi connectivity index (χ0n) is 20.0. The molecule has 10 heteroatoms. The number of sulfonamides is 1. The molecule has 186 valence electrons. The molecule has 0 spiro atoms. The maximum atomic E-state index is 12.4. The van der Waals surface area contributed by atoms with Gasteiger partial charge in [-0.25, -0.2) is 17.9 Å². The number of benzene rings is 2. The molecule has 0 saturated carbocycles. The predicted molar refractivity (Wildman–Crippen MR) is 138 cm³/mol. The molecule has 0 heterocycles. The van der Waals surface area contributed by atoms with Gasteiger partial charge in [-0.3, -0.25) is 0 Å². The highest BCUT2D eigenvalue weighted by atomic mass is 32.2. The summed E-state index contributed by atoms with van der Waals surface area (Å²) in [4.78, 5) is 12.7. The number of esters is 1. The molecule has 8 nitrogen and oxygen atoms in total. The maximum Gasteiger partial charge on any atom is 0.328 e. The number of rotatable bonds is 12. The number of thiocarbonyl (C=S) groups is 1. The molecular formula is C24H33N3O5S2. The van der Waals surface area contributed by atoms with Crippen LogP contribution in [-0.2, 0) is 19.6 Å². The van der Waals surface area contributed by atoms with E-state index in [1.165, 1.54) is 0 Å². The van der Waals surface area contributed by atoms with Crippen LogP contribution in [0.4, 0.5) is 5.69 Å². The van der Waals surface area contributed by atoms with Crippen molar-refractivity contribution in [3.63, 3.8) is 0 Å². The topological polar surface area (TPSA) is 106 Å². The Morgan fingerprint density at radius 2 is 1.74 bits per heavy atom. The van der Waals surface area contributed by atoms with Crippen LogP contribution in [0.5, 0.6) is 5.75 Å². The molecule has 0 aliphatic carbocycles. The first kappa shape index (κ1) is 27.6. The lowest BCUT2D eigenvalue weighted by Crippen LogP contribution is -2.44. The SMILES string of the molecule is CCOC(=O)C(CCCCNS(=O)(=O)c1ccc(C)cc1)NC(=S)Nc1cc(C)ccc1OC. The summed E-state index contributed by atoms with van der Waals surface area (Å²) in [5.74, 6) is 0.214. The summed E-state index contributed by atoms with van der Waals surface area (Å²) in [7, 11) is -2.00. The second-order valence-corrected chi connectivity index (χ2v) is 9.99. The monoisotopic (exact) mass is 507 g/mol. The summed E-state index contributed by atoms with van der Waals surface area (Å²) < 4.78 is 37.9. The predicted octanol–water partition coefficient (Wildman–Crippen LogP) is 3.68. The molecule has 0 aliphatic heterocycles. The second-order valence-electron chi connectivity index (χ2n) is 7.81. The van der Waals surface area contributed by atoms with Crippen LogP contribution in [0.3, 0.4) is 0 Å². The van der Waals surface area contributed by atoms with Crippen molar-refractivity contribution in [1.29, 1.82) is 0 Å². The van der Waals surface area contributed by atoms with Crippen molar-refractivity contribution in [2.75, 3.05) is 25.6 Å². The van der Waals surface area contributed by atoms with Crippen molar-refractivity contribution in [3.05, 3.63) is 53.6 Å². The van der Waals surface area contributed by atoms with Crippen LogP contribution < -0.4 is 20.1 Å². The van der Waals surface area contributed by atoms with Crippen molar-refractivity contribution in [2.45, 2.75) is 51.0 Å². The Kier molecular flexibility index (Phi) is 10.7. The van der Waals surface area contributed by atoms with E-state index in [9.17, 15) is 13.2 Å². The number of unbranched alkanes of at least 4 members (excludes halogenated alkanes) is 1. The lowest BCUT2D eigenvalue weighted by atomic mass is 10.1. The first-order valence-electron chi connectivity index (χ1n) is 11.1. The van der Waals surface area contributed by atoms with E-state index in [2.05, 4.69) is 15.4 Å². The fraction of sp³-hybridized carbons (Fsp3) is 0.417. The van der Waals surface area contributed by atoms with Gasteiger partial charge < -0.3 is 20.1 Å². The molecule has 0 amide bonds. The van der Waals surface area contributed by atoms with Crippen LogP contribution in [0, 0.1) is 13.8 Å². The standard InChI is InChI=1S/C24H33N3O5S2/c1-5-32-23(28)20(26-24(33)27-21-16-18(3)11-14-22(21)31-4)8-6-7-15-25-34(29,30)19-12-9-17(2)10-13-19/h9-14,16,20,25H,5-8,15H2,1-4H3,(H2,26,27,33). The van der Waals surface area contributed by atoms with Gasteiger partial charge in [-0.15, -0.1) is 0 Å². The molecule has 0 aromatic heterocycles. The number of nitrogens with one attached hydrogen (secondary N) is 3. The Bertz CT molecular complexity index is 1070. The van der Waals surface area contributed by atoms with E-state index in [4.69, 9.17) is 21.7 Å². The maximum absolute atomic E-state index is 12.4. The average Bonchev–Trinajstić information content (AvgIpc) is 2.78. The molecule has 0 bridgehead atoms. The Morgan fingerprint density at radius 3 is 2.38 bits per heavy atom.